The largest absolute Gasteiger partial charge is 0.323 e. The molecule has 0 saturated carbocycles. The lowest BCUT2D eigenvalue weighted by Crippen LogP contribution is -2.22. The van der Waals surface area contributed by atoms with Crippen LogP contribution in [0.25, 0.3) is 11.4 Å². The van der Waals surface area contributed by atoms with Crippen molar-refractivity contribution in [2.45, 2.75) is 44.5 Å². The van der Waals surface area contributed by atoms with Crippen LogP contribution in [0.5, 0.6) is 0 Å². The van der Waals surface area contributed by atoms with E-state index in [1.807, 2.05) is 45.2 Å². The Balaban J connectivity index is 2.78. The lowest BCUT2D eigenvalue weighted by Gasteiger charge is -2.12. The van der Waals surface area contributed by atoms with Crippen molar-refractivity contribution in [1.29, 1.82) is 0 Å². The lowest BCUT2D eigenvalue weighted by atomic mass is 10.0. The summed E-state index contributed by atoms with van der Waals surface area (Å²) in [7, 11) is 0. The third-order valence-electron chi connectivity index (χ3n) is 3.60. The predicted molar refractivity (Wildman–Crippen MR) is 101 cm³/mol. The molecule has 0 aliphatic rings. The Morgan fingerprint density at radius 1 is 1.36 bits per heavy atom. The Hall–Kier alpha value is -1.37. The lowest BCUT2D eigenvalue weighted by molar-refractivity contribution is 0.782. The Bertz CT molecular complexity index is 794. The summed E-state index contributed by atoms with van der Waals surface area (Å²) in [6.45, 7) is 10.1. The average Bonchev–Trinajstić information content (AvgIpc) is 2.88. The van der Waals surface area contributed by atoms with Gasteiger partial charge in [0.1, 0.15) is 0 Å². The minimum atomic E-state index is 0.0223. The van der Waals surface area contributed by atoms with Crippen LogP contribution >= 0.6 is 22.6 Å². The average molecular weight is 411 g/mol. The second-order valence-corrected chi connectivity index (χ2v) is 7.46. The van der Waals surface area contributed by atoms with Gasteiger partial charge in [-0.15, -0.1) is 0 Å². The van der Waals surface area contributed by atoms with Crippen molar-refractivity contribution >= 4 is 33.9 Å². The maximum Gasteiger partial charge on any atom is 0.263 e. The van der Waals surface area contributed by atoms with E-state index in [1.165, 1.54) is 0 Å². The van der Waals surface area contributed by atoms with Crippen LogP contribution in [0.1, 0.15) is 61.4 Å². The Labute approximate surface area is 144 Å². The molecular formula is C17H22IN3O. The number of aromatic nitrogens is 3. The minimum Gasteiger partial charge on any atom is -0.323 e. The van der Waals surface area contributed by atoms with Gasteiger partial charge in [0.15, 0.2) is 0 Å². The Morgan fingerprint density at radius 2 is 2.05 bits per heavy atom. The highest BCUT2D eigenvalue weighted by Crippen LogP contribution is 2.27. The fourth-order valence-electron chi connectivity index (χ4n) is 2.54. The van der Waals surface area contributed by atoms with Crippen molar-refractivity contribution in [3.63, 3.8) is 0 Å². The van der Waals surface area contributed by atoms with Crippen LogP contribution in [0, 0.1) is 0 Å². The van der Waals surface area contributed by atoms with Crippen molar-refractivity contribution in [2.24, 2.45) is 0 Å². The van der Waals surface area contributed by atoms with Crippen molar-refractivity contribution < 1.29 is 0 Å². The predicted octanol–water partition coefficient (Wildman–Crippen LogP) is 4.62. The highest BCUT2D eigenvalue weighted by molar-refractivity contribution is 14.1. The van der Waals surface area contributed by atoms with E-state index in [9.17, 15) is 4.79 Å². The first-order valence-electron chi connectivity index (χ1n) is 7.49. The quantitative estimate of drug-likeness (QED) is 0.454. The number of rotatable bonds is 4. The molecule has 0 spiro atoms. The number of halogens is 1. The summed E-state index contributed by atoms with van der Waals surface area (Å²) >= 11 is 2.28. The first-order chi connectivity index (χ1) is 10.4. The van der Waals surface area contributed by atoms with Crippen molar-refractivity contribution in [2.75, 3.05) is 0 Å². The second-order valence-electron chi connectivity index (χ2n) is 5.59. The molecule has 0 bridgehead atoms. The molecule has 22 heavy (non-hydrogen) atoms. The molecule has 2 aromatic heterocycles. The van der Waals surface area contributed by atoms with Crippen LogP contribution in [-0.2, 0) is 0 Å². The molecule has 1 atom stereocenters. The SMILES string of the molecule is C/C=C\C(=C/C)c1cn2c(=O)c(C(C)I)c(C(C)C)nc2[nH]1. The van der Waals surface area contributed by atoms with Gasteiger partial charge in [0, 0.05) is 10.1 Å². The van der Waals surface area contributed by atoms with Gasteiger partial charge < -0.3 is 4.98 Å². The number of nitrogens with zero attached hydrogens (tertiary/aromatic N) is 2. The third kappa shape index (κ3) is 3.04. The Morgan fingerprint density at radius 3 is 2.55 bits per heavy atom. The first kappa shape index (κ1) is 17.0. The molecule has 1 N–H and O–H groups in total. The smallest absolute Gasteiger partial charge is 0.263 e. The molecule has 0 aromatic carbocycles. The van der Waals surface area contributed by atoms with E-state index in [-0.39, 0.29) is 15.4 Å². The Kier molecular flexibility index (Phi) is 5.26. The van der Waals surface area contributed by atoms with E-state index in [4.69, 9.17) is 4.98 Å². The highest BCUT2D eigenvalue weighted by Gasteiger charge is 2.20. The molecule has 0 aliphatic carbocycles. The number of alkyl halides is 1. The van der Waals surface area contributed by atoms with Crippen molar-refractivity contribution in [3.05, 3.63) is 51.7 Å². The number of nitrogens with one attached hydrogen (secondary N) is 1. The van der Waals surface area contributed by atoms with E-state index < -0.39 is 0 Å². The maximum absolute atomic E-state index is 12.8. The highest BCUT2D eigenvalue weighted by atomic mass is 127. The van der Waals surface area contributed by atoms with E-state index >= 15 is 0 Å². The molecule has 2 rings (SSSR count). The zero-order valence-corrected chi connectivity index (χ0v) is 15.8. The zero-order valence-electron chi connectivity index (χ0n) is 13.6. The number of hydrogen-bond acceptors (Lipinski definition) is 2. The minimum absolute atomic E-state index is 0.0223. The van der Waals surface area contributed by atoms with Gasteiger partial charge in [-0.25, -0.2) is 4.98 Å². The molecule has 118 valence electrons. The van der Waals surface area contributed by atoms with Gasteiger partial charge in [-0.3, -0.25) is 9.20 Å². The molecule has 0 fully saturated rings. The van der Waals surface area contributed by atoms with E-state index in [1.54, 1.807) is 4.40 Å². The van der Waals surface area contributed by atoms with E-state index in [0.717, 1.165) is 22.5 Å². The third-order valence-corrected chi connectivity index (χ3v) is 4.22. The molecule has 5 heteroatoms. The van der Waals surface area contributed by atoms with Gasteiger partial charge in [0.05, 0.1) is 17.0 Å². The van der Waals surface area contributed by atoms with Gasteiger partial charge in [0.25, 0.3) is 5.56 Å². The number of aromatic amines is 1. The van der Waals surface area contributed by atoms with Gasteiger partial charge in [-0.2, -0.15) is 0 Å². The molecule has 0 amide bonds. The normalized spacial score (nSPS) is 14.4. The summed E-state index contributed by atoms with van der Waals surface area (Å²) in [5.41, 5.74) is 3.65. The second kappa shape index (κ2) is 6.81. The van der Waals surface area contributed by atoms with Crippen LogP contribution in [0.3, 0.4) is 0 Å². The van der Waals surface area contributed by atoms with E-state index in [2.05, 4.69) is 41.4 Å². The van der Waals surface area contributed by atoms with E-state index in [0.29, 0.717) is 5.78 Å². The molecule has 0 saturated heterocycles. The molecule has 0 aliphatic heterocycles. The first-order valence-corrected chi connectivity index (χ1v) is 8.73. The standard InChI is InChI=1S/C17H22IN3O/c1-6-8-12(7-2)13-9-21-16(22)14(11(5)18)15(10(3)4)20-17(21)19-13/h6-11H,1-5H3,(H,19,20)/b8-6-,12-7+. The molecule has 2 aromatic rings. The van der Waals surface area contributed by atoms with Crippen LogP contribution in [0.4, 0.5) is 0 Å². The summed E-state index contributed by atoms with van der Waals surface area (Å²) in [4.78, 5) is 20.8. The number of fused-ring (bicyclic) bond motifs is 1. The van der Waals surface area contributed by atoms with Gasteiger partial charge in [-0.05, 0) is 32.3 Å². The fraction of sp³-hybridized carbons (Fsp3) is 0.412. The van der Waals surface area contributed by atoms with Crippen LogP contribution in [0.2, 0.25) is 0 Å². The van der Waals surface area contributed by atoms with Gasteiger partial charge in [-0.1, -0.05) is 54.7 Å². The zero-order chi connectivity index (χ0) is 16.4. The fourth-order valence-corrected chi connectivity index (χ4v) is 3.12. The maximum atomic E-state index is 12.8. The topological polar surface area (TPSA) is 50.2 Å². The number of allylic oxidation sites excluding steroid dienone is 4. The summed E-state index contributed by atoms with van der Waals surface area (Å²) in [6.07, 6.45) is 7.85. The van der Waals surface area contributed by atoms with Crippen molar-refractivity contribution in [1.82, 2.24) is 14.4 Å². The van der Waals surface area contributed by atoms with Crippen LogP contribution in [0.15, 0.2) is 29.2 Å². The number of imidazole rings is 1. The molecular weight excluding hydrogens is 389 g/mol. The molecule has 0 radical (unpaired) electrons. The number of hydrogen-bond donors (Lipinski definition) is 1. The summed E-state index contributed by atoms with van der Waals surface area (Å²) in [5, 5.41) is 0. The van der Waals surface area contributed by atoms with Crippen LogP contribution < -0.4 is 5.56 Å². The monoisotopic (exact) mass is 411 g/mol. The molecule has 2 heterocycles. The molecule has 1 unspecified atom stereocenters. The summed E-state index contributed by atoms with van der Waals surface area (Å²) in [6, 6.07) is 0. The summed E-state index contributed by atoms with van der Waals surface area (Å²) in [5.74, 6) is 0.821. The van der Waals surface area contributed by atoms with Gasteiger partial charge in [0.2, 0.25) is 5.78 Å². The number of H-pyrrole nitrogens is 1. The molecule has 4 nitrogen and oxygen atoms in total. The van der Waals surface area contributed by atoms with Crippen molar-refractivity contribution in [3.8, 4) is 0 Å². The summed E-state index contributed by atoms with van der Waals surface area (Å²) < 4.78 is 1.75. The van der Waals surface area contributed by atoms with Gasteiger partial charge >= 0.3 is 0 Å². The van der Waals surface area contributed by atoms with Crippen LogP contribution in [-0.4, -0.2) is 14.4 Å².